The number of aromatic nitrogens is 1. The van der Waals surface area contributed by atoms with Crippen molar-refractivity contribution in [3.8, 4) is 0 Å². The van der Waals surface area contributed by atoms with Crippen LogP contribution in [0.5, 0.6) is 0 Å². The maximum absolute atomic E-state index is 12.8. The molecule has 1 atom stereocenters. The molecule has 84 valence electrons. The van der Waals surface area contributed by atoms with Gasteiger partial charge < -0.3 is 5.11 Å². The van der Waals surface area contributed by atoms with Gasteiger partial charge in [0.15, 0.2) is 5.01 Å². The van der Waals surface area contributed by atoms with Crippen LogP contribution >= 0.6 is 11.3 Å². The number of hydrogen-bond donors (Lipinski definition) is 1. The molecule has 0 aliphatic heterocycles. The predicted octanol–water partition coefficient (Wildman–Crippen LogP) is 2.52. The molecule has 1 N–H and O–H groups in total. The average molecular weight is 235 g/mol. The van der Waals surface area contributed by atoms with Crippen LogP contribution in [0.15, 0.2) is 6.20 Å². The van der Waals surface area contributed by atoms with Gasteiger partial charge in [0.1, 0.15) is 0 Å². The number of halogens is 2. The summed E-state index contributed by atoms with van der Waals surface area (Å²) >= 11 is 0.861. The third-order valence-corrected chi connectivity index (χ3v) is 3.05. The molecule has 1 unspecified atom stereocenters. The normalized spacial score (nSPS) is 13.9. The largest absolute Gasteiger partial charge is 0.481 e. The highest BCUT2D eigenvalue weighted by Gasteiger charge is 2.28. The van der Waals surface area contributed by atoms with Gasteiger partial charge in [-0.15, -0.1) is 11.3 Å². The Kier molecular flexibility index (Phi) is 3.38. The molecule has 0 amide bonds. The minimum Gasteiger partial charge on any atom is -0.481 e. The first-order valence-corrected chi connectivity index (χ1v) is 5.18. The van der Waals surface area contributed by atoms with Gasteiger partial charge in [0.25, 0.3) is 5.92 Å². The minimum atomic E-state index is -2.95. The SMILES string of the molecule is CC(Cc1cnc(C(C)(F)F)s1)C(=O)O. The molecule has 0 saturated carbocycles. The monoisotopic (exact) mass is 235 g/mol. The molecule has 3 nitrogen and oxygen atoms in total. The molecule has 0 aromatic carbocycles. The van der Waals surface area contributed by atoms with Crippen molar-refractivity contribution in [3.63, 3.8) is 0 Å². The van der Waals surface area contributed by atoms with Gasteiger partial charge in [-0.1, -0.05) is 6.92 Å². The third-order valence-electron chi connectivity index (χ3n) is 1.86. The van der Waals surface area contributed by atoms with Crippen molar-refractivity contribution in [1.82, 2.24) is 4.98 Å². The Bertz CT molecular complexity index is 359. The van der Waals surface area contributed by atoms with E-state index in [1.54, 1.807) is 0 Å². The molecule has 0 spiro atoms. The molecule has 0 radical (unpaired) electrons. The lowest BCUT2D eigenvalue weighted by molar-refractivity contribution is -0.141. The molecule has 0 bridgehead atoms. The molecule has 6 heteroatoms. The zero-order valence-electron chi connectivity index (χ0n) is 8.33. The van der Waals surface area contributed by atoms with E-state index in [1.807, 2.05) is 0 Å². The number of thiazole rings is 1. The fraction of sp³-hybridized carbons (Fsp3) is 0.556. The van der Waals surface area contributed by atoms with Gasteiger partial charge in [0.2, 0.25) is 0 Å². The van der Waals surface area contributed by atoms with Crippen molar-refractivity contribution < 1.29 is 18.7 Å². The van der Waals surface area contributed by atoms with Gasteiger partial charge in [-0.3, -0.25) is 4.79 Å². The second-order valence-corrected chi connectivity index (χ2v) is 4.58. The van der Waals surface area contributed by atoms with E-state index in [0.29, 0.717) is 4.88 Å². The van der Waals surface area contributed by atoms with E-state index >= 15 is 0 Å². The first-order chi connectivity index (χ1) is 6.80. The third kappa shape index (κ3) is 3.23. The molecule has 1 aromatic rings. The minimum absolute atomic E-state index is 0.239. The van der Waals surface area contributed by atoms with Crippen LogP contribution in [0.25, 0.3) is 0 Å². The van der Waals surface area contributed by atoms with Crippen LogP contribution in [0.4, 0.5) is 8.78 Å². The van der Waals surface area contributed by atoms with Crippen LogP contribution in [0.2, 0.25) is 0 Å². The second-order valence-electron chi connectivity index (χ2n) is 3.46. The summed E-state index contributed by atoms with van der Waals surface area (Å²) in [5, 5.41) is 8.38. The van der Waals surface area contributed by atoms with E-state index in [0.717, 1.165) is 18.3 Å². The lowest BCUT2D eigenvalue weighted by atomic mass is 10.1. The summed E-state index contributed by atoms with van der Waals surface area (Å²) in [7, 11) is 0. The molecule has 1 aromatic heterocycles. The molecule has 0 fully saturated rings. The number of carboxylic acid groups (broad SMARTS) is 1. The Balaban J connectivity index is 2.73. The summed E-state index contributed by atoms with van der Waals surface area (Å²) in [5.41, 5.74) is 0. The van der Waals surface area contributed by atoms with Gasteiger partial charge in [-0.05, 0) is 6.42 Å². The Labute approximate surface area is 89.8 Å². The van der Waals surface area contributed by atoms with E-state index in [9.17, 15) is 13.6 Å². The zero-order valence-corrected chi connectivity index (χ0v) is 9.15. The molecule has 0 saturated heterocycles. The van der Waals surface area contributed by atoms with E-state index in [-0.39, 0.29) is 11.4 Å². The standard InChI is InChI=1S/C9H11F2NO2S/c1-5(7(13)14)3-6-4-12-8(15-6)9(2,10)11/h4-5H,3H2,1-2H3,(H,13,14). The van der Waals surface area contributed by atoms with Crippen LogP contribution < -0.4 is 0 Å². The van der Waals surface area contributed by atoms with Crippen molar-refractivity contribution in [2.75, 3.05) is 0 Å². The van der Waals surface area contributed by atoms with Crippen LogP contribution in [-0.4, -0.2) is 16.1 Å². The van der Waals surface area contributed by atoms with Crippen LogP contribution in [0, 0.1) is 5.92 Å². The van der Waals surface area contributed by atoms with Crippen LogP contribution in [0.1, 0.15) is 23.7 Å². The van der Waals surface area contributed by atoms with Crippen molar-refractivity contribution in [2.24, 2.45) is 5.92 Å². The average Bonchev–Trinajstić information content (AvgIpc) is 2.51. The van der Waals surface area contributed by atoms with E-state index in [2.05, 4.69) is 4.98 Å². The highest BCUT2D eigenvalue weighted by Crippen LogP contribution is 2.31. The lowest BCUT2D eigenvalue weighted by Crippen LogP contribution is -2.11. The Morgan fingerprint density at radius 3 is 2.73 bits per heavy atom. The number of carboxylic acids is 1. The van der Waals surface area contributed by atoms with Crippen molar-refractivity contribution in [2.45, 2.75) is 26.2 Å². The number of aliphatic carboxylic acids is 1. The zero-order chi connectivity index (χ0) is 11.6. The molecule has 1 rings (SSSR count). The predicted molar refractivity (Wildman–Crippen MR) is 52.2 cm³/mol. The summed E-state index contributed by atoms with van der Waals surface area (Å²) < 4.78 is 25.6. The van der Waals surface area contributed by atoms with E-state index < -0.39 is 17.8 Å². The Hall–Kier alpha value is -1.04. The number of hydrogen-bond acceptors (Lipinski definition) is 3. The molecular weight excluding hydrogens is 224 g/mol. The first kappa shape index (κ1) is 12.0. The van der Waals surface area contributed by atoms with E-state index in [1.165, 1.54) is 13.1 Å². The van der Waals surface area contributed by atoms with Crippen LogP contribution in [0.3, 0.4) is 0 Å². The van der Waals surface area contributed by atoms with Crippen molar-refractivity contribution in [3.05, 3.63) is 16.1 Å². The number of carbonyl (C=O) groups is 1. The highest BCUT2D eigenvalue weighted by atomic mass is 32.1. The Morgan fingerprint density at radius 1 is 1.73 bits per heavy atom. The van der Waals surface area contributed by atoms with Crippen molar-refractivity contribution in [1.29, 1.82) is 0 Å². The molecule has 15 heavy (non-hydrogen) atoms. The highest BCUT2D eigenvalue weighted by molar-refractivity contribution is 7.11. The van der Waals surface area contributed by atoms with Crippen molar-refractivity contribution >= 4 is 17.3 Å². The van der Waals surface area contributed by atoms with Gasteiger partial charge in [0, 0.05) is 18.0 Å². The molecule has 0 aliphatic rings. The van der Waals surface area contributed by atoms with Gasteiger partial charge >= 0.3 is 5.97 Å². The second kappa shape index (κ2) is 4.22. The lowest BCUT2D eigenvalue weighted by Gasteiger charge is -2.04. The fourth-order valence-corrected chi connectivity index (χ4v) is 1.97. The smallest absolute Gasteiger partial charge is 0.306 e. The number of nitrogens with zero attached hydrogens (tertiary/aromatic N) is 1. The fourth-order valence-electron chi connectivity index (χ4n) is 0.994. The molecule has 0 aliphatic carbocycles. The maximum Gasteiger partial charge on any atom is 0.306 e. The number of alkyl halides is 2. The topological polar surface area (TPSA) is 50.2 Å². The van der Waals surface area contributed by atoms with Gasteiger partial charge in [0.05, 0.1) is 5.92 Å². The van der Waals surface area contributed by atoms with E-state index in [4.69, 9.17) is 5.11 Å². The molecule has 1 heterocycles. The summed E-state index contributed by atoms with van der Waals surface area (Å²) in [6.45, 7) is 2.31. The summed E-state index contributed by atoms with van der Waals surface area (Å²) in [6, 6.07) is 0. The molecular formula is C9H11F2NO2S. The summed E-state index contributed by atoms with van der Waals surface area (Å²) in [6.07, 6.45) is 1.56. The van der Waals surface area contributed by atoms with Crippen LogP contribution in [-0.2, 0) is 17.1 Å². The van der Waals surface area contributed by atoms with Gasteiger partial charge in [-0.25, -0.2) is 4.98 Å². The quantitative estimate of drug-likeness (QED) is 0.872. The first-order valence-electron chi connectivity index (χ1n) is 4.36. The maximum atomic E-state index is 12.8. The Morgan fingerprint density at radius 2 is 2.33 bits per heavy atom. The summed E-state index contributed by atoms with van der Waals surface area (Å²) in [4.78, 5) is 14.7. The summed E-state index contributed by atoms with van der Waals surface area (Å²) in [5.74, 6) is -4.47. The van der Waals surface area contributed by atoms with Gasteiger partial charge in [-0.2, -0.15) is 8.78 Å². The number of rotatable bonds is 4.